The lowest BCUT2D eigenvalue weighted by Crippen LogP contribution is -2.57. The van der Waals surface area contributed by atoms with Crippen molar-refractivity contribution in [2.75, 3.05) is 55.9 Å². The molecular weight excluding hydrogens is 943 g/mol. The Kier molecular flexibility index (Phi) is 15.5. The largest absolute Gasteiger partial charge is 0.391 e. The van der Waals surface area contributed by atoms with E-state index in [1.54, 1.807) is 40.1 Å². The fourth-order valence-corrected chi connectivity index (χ4v) is 10.3. The molecule has 2 aliphatic heterocycles. The summed E-state index contributed by atoms with van der Waals surface area (Å²) in [6, 6.07) is 26.3. The highest BCUT2D eigenvalue weighted by molar-refractivity contribution is 7.90. The number of anilines is 3. The molecule has 8 rings (SSSR count). The van der Waals surface area contributed by atoms with E-state index in [1.165, 1.54) is 11.2 Å². The van der Waals surface area contributed by atoms with Gasteiger partial charge in [0.15, 0.2) is 15.5 Å². The summed E-state index contributed by atoms with van der Waals surface area (Å²) in [5.41, 5.74) is 8.05. The molecule has 5 N–H and O–H groups in total. The van der Waals surface area contributed by atoms with Crippen molar-refractivity contribution >= 4 is 67.8 Å². The average molecular weight is 1000 g/mol. The summed E-state index contributed by atoms with van der Waals surface area (Å²) in [4.78, 5) is 69.6. The van der Waals surface area contributed by atoms with Crippen molar-refractivity contribution in [3.63, 3.8) is 0 Å². The lowest BCUT2D eigenvalue weighted by molar-refractivity contribution is -0.144. The Bertz CT molecular complexity index is 2970. The number of aryl methyl sites for hydroxylation is 1. The number of β-amino-alcohol motifs (C(OH)–C–C–N with tert-alkyl or cyclic N) is 1. The van der Waals surface area contributed by atoms with Crippen LogP contribution in [-0.2, 0) is 35.6 Å². The molecule has 71 heavy (non-hydrogen) atoms. The van der Waals surface area contributed by atoms with Gasteiger partial charge in [-0.1, -0.05) is 63.2 Å². The number of nitrogens with one attached hydrogen (secondary N) is 4. The van der Waals surface area contributed by atoms with Gasteiger partial charge in [-0.3, -0.25) is 24.1 Å². The van der Waals surface area contributed by atoms with E-state index >= 15 is 0 Å². The van der Waals surface area contributed by atoms with Crippen LogP contribution in [0.2, 0.25) is 0 Å². The number of hydrogen-bond acceptors (Lipinski definition) is 14. The number of thiazole rings is 1. The topological polar surface area (TPSA) is 224 Å². The Hall–Kier alpha value is -6.74. The molecule has 2 fully saturated rings. The summed E-state index contributed by atoms with van der Waals surface area (Å²) in [6.07, 6.45) is 1.63. The molecule has 0 saturated carbocycles. The van der Waals surface area contributed by atoms with Gasteiger partial charge in [-0.05, 0) is 84.8 Å². The van der Waals surface area contributed by atoms with Crippen LogP contribution in [0.3, 0.4) is 0 Å². The zero-order chi connectivity index (χ0) is 50.5. The maximum atomic E-state index is 14.0. The van der Waals surface area contributed by atoms with Crippen LogP contribution in [0.5, 0.6) is 0 Å². The second-order valence-electron chi connectivity index (χ2n) is 19.3. The number of carbonyl (C=O) groups is 4. The molecule has 3 aromatic carbocycles. The maximum absolute atomic E-state index is 14.0. The van der Waals surface area contributed by atoms with Crippen LogP contribution in [0.1, 0.15) is 57.7 Å². The van der Waals surface area contributed by atoms with Gasteiger partial charge in [-0.2, -0.15) is 4.98 Å². The van der Waals surface area contributed by atoms with E-state index in [9.17, 15) is 32.7 Å². The van der Waals surface area contributed by atoms with Crippen LogP contribution >= 0.6 is 11.3 Å². The van der Waals surface area contributed by atoms with Gasteiger partial charge in [-0.15, -0.1) is 16.4 Å². The molecule has 0 bridgehead atoms. The van der Waals surface area contributed by atoms with Crippen LogP contribution in [0.25, 0.3) is 27.3 Å². The highest BCUT2D eigenvalue weighted by atomic mass is 32.2. The molecule has 374 valence electrons. The van der Waals surface area contributed by atoms with Gasteiger partial charge in [0.2, 0.25) is 29.6 Å². The fraction of sp³-hybridized carbons (Fsp3) is 0.392. The molecule has 18 nitrogen and oxygen atoms in total. The first-order chi connectivity index (χ1) is 33.9. The number of pyridine rings is 1. The van der Waals surface area contributed by atoms with Crippen molar-refractivity contribution < 1.29 is 32.7 Å². The summed E-state index contributed by atoms with van der Waals surface area (Å²) >= 11 is 1.57. The van der Waals surface area contributed by atoms with Crippen molar-refractivity contribution in [1.82, 2.24) is 45.3 Å². The summed E-state index contributed by atoms with van der Waals surface area (Å²) < 4.78 is 25.6. The van der Waals surface area contributed by atoms with Crippen LogP contribution < -0.4 is 26.2 Å². The molecule has 3 atom stereocenters. The number of amides is 4. The number of unbranched alkanes of at least 4 members (excludes halogenated alkanes) is 1. The molecule has 20 heteroatoms. The number of likely N-dealkylation sites (tertiary alicyclic amines) is 1. The smallest absolute Gasteiger partial charge is 0.247 e. The van der Waals surface area contributed by atoms with E-state index in [1.807, 2.05) is 99.9 Å². The second kappa shape index (κ2) is 21.7. The SMILES string of the molecule is Cc1ncsc1-c1ccc(CNC(=O)C2CC(O)CN2C(=O)[C@@H](NC(=O)CCCCNC(=O)CN2CCN(c3ccc(Nc4nc5cccc(-c6ccc(S(C)(=O)=O)cc6)n5n4)cc3)C2)C(C)(C)C)cc1. The quantitative estimate of drug-likeness (QED) is 0.0704. The Balaban J connectivity index is 0.745. The molecule has 2 saturated heterocycles. The van der Waals surface area contributed by atoms with Gasteiger partial charge >= 0.3 is 0 Å². The number of rotatable bonds is 18. The van der Waals surface area contributed by atoms with Crippen LogP contribution in [0.15, 0.2) is 101 Å². The Morgan fingerprint density at radius 1 is 0.887 bits per heavy atom. The maximum Gasteiger partial charge on any atom is 0.247 e. The van der Waals surface area contributed by atoms with E-state index in [0.29, 0.717) is 37.7 Å². The highest BCUT2D eigenvalue weighted by Gasteiger charge is 2.44. The van der Waals surface area contributed by atoms with E-state index in [-0.39, 0.29) is 55.1 Å². The van der Waals surface area contributed by atoms with Crippen molar-refractivity contribution in [3.05, 3.63) is 108 Å². The van der Waals surface area contributed by atoms with Gasteiger partial charge in [0.1, 0.15) is 12.1 Å². The van der Waals surface area contributed by atoms with E-state index in [0.717, 1.165) is 57.4 Å². The minimum atomic E-state index is -3.31. The molecule has 4 amide bonds. The lowest BCUT2D eigenvalue weighted by Gasteiger charge is -2.35. The zero-order valence-electron chi connectivity index (χ0n) is 40.6. The first-order valence-corrected chi connectivity index (χ1v) is 26.5. The Labute approximate surface area is 417 Å². The van der Waals surface area contributed by atoms with Gasteiger partial charge < -0.3 is 36.2 Å². The molecule has 6 aromatic rings. The van der Waals surface area contributed by atoms with E-state index in [4.69, 9.17) is 0 Å². The number of fused-ring (bicyclic) bond motifs is 1. The van der Waals surface area contributed by atoms with Gasteiger partial charge in [-0.25, -0.2) is 17.9 Å². The van der Waals surface area contributed by atoms with Gasteiger partial charge in [0.25, 0.3) is 0 Å². The third-order valence-corrected chi connectivity index (χ3v) is 14.8. The van der Waals surface area contributed by atoms with E-state index in [2.05, 4.69) is 46.1 Å². The van der Waals surface area contributed by atoms with Gasteiger partial charge in [0, 0.05) is 68.8 Å². The molecule has 5 heterocycles. The molecular formula is C51H61N11O7S2. The first-order valence-electron chi connectivity index (χ1n) is 23.7. The molecule has 0 spiro atoms. The number of hydrogen-bond donors (Lipinski definition) is 5. The summed E-state index contributed by atoms with van der Waals surface area (Å²) in [7, 11) is -3.31. The highest BCUT2D eigenvalue weighted by Crippen LogP contribution is 2.30. The minimum Gasteiger partial charge on any atom is -0.391 e. The average Bonchev–Trinajstić information content (AvgIpc) is 4.16. The van der Waals surface area contributed by atoms with Gasteiger partial charge in [0.05, 0.1) is 46.0 Å². The zero-order valence-corrected chi connectivity index (χ0v) is 42.2. The van der Waals surface area contributed by atoms with Crippen molar-refractivity contribution in [2.45, 2.75) is 83.0 Å². The fourth-order valence-electron chi connectivity index (χ4n) is 8.83. The number of sulfone groups is 1. The second-order valence-corrected chi connectivity index (χ2v) is 22.2. The van der Waals surface area contributed by atoms with Crippen molar-refractivity contribution in [1.29, 1.82) is 0 Å². The van der Waals surface area contributed by atoms with Crippen LogP contribution in [-0.4, -0.2) is 130 Å². The Morgan fingerprint density at radius 2 is 1.62 bits per heavy atom. The first kappa shape index (κ1) is 50.6. The number of benzene rings is 3. The predicted octanol–water partition coefficient (Wildman–Crippen LogP) is 5.15. The lowest BCUT2D eigenvalue weighted by atomic mass is 9.85. The number of aliphatic hydroxyl groups excluding tert-OH is 1. The Morgan fingerprint density at radius 3 is 2.31 bits per heavy atom. The summed E-state index contributed by atoms with van der Waals surface area (Å²) in [6.45, 7) is 10.5. The summed E-state index contributed by atoms with van der Waals surface area (Å²) in [5, 5.41) is 27.4. The van der Waals surface area contributed by atoms with Crippen LogP contribution in [0, 0.1) is 12.3 Å². The molecule has 2 unspecified atom stereocenters. The van der Waals surface area contributed by atoms with Crippen molar-refractivity contribution in [3.8, 4) is 21.7 Å². The third kappa shape index (κ3) is 12.6. The van der Waals surface area contributed by atoms with Crippen LogP contribution in [0.4, 0.5) is 17.3 Å². The molecule has 2 aliphatic rings. The van der Waals surface area contributed by atoms with E-state index < -0.39 is 39.3 Å². The standard InChI is InChI=1S/C51H61N11O7S2/c1-33-46(70-31-54-33)36-14-12-34(13-15-36)28-53-48(66)42-27-39(63)29-61(42)49(67)47(51(2,3)4)57-44(64)11-6-7-24-52-45(65)30-59-25-26-60(32-59)38-20-18-37(19-21-38)55-50-56-43-10-8-9-41(62(43)58-50)35-16-22-40(23-17-35)71(5,68)69/h8-10,12-23,31,39,42,47,63H,6-7,11,24-30,32H2,1-5H3,(H,52,65)(H,53,66)(H,55,58)(H,57,64)/t39?,42?,47-/m1/s1. The predicted molar refractivity (Wildman–Crippen MR) is 274 cm³/mol. The molecule has 0 aliphatic carbocycles. The number of nitrogens with zero attached hydrogens (tertiary/aromatic N) is 7. The monoisotopic (exact) mass is 1000 g/mol. The third-order valence-electron chi connectivity index (χ3n) is 12.7. The minimum absolute atomic E-state index is 0.00802. The number of aliphatic hydroxyl groups is 1. The number of carbonyl (C=O) groups excluding carboxylic acids is 4. The van der Waals surface area contributed by atoms with Crippen molar-refractivity contribution in [2.24, 2.45) is 5.41 Å². The number of aromatic nitrogens is 4. The summed E-state index contributed by atoms with van der Waals surface area (Å²) in [5.74, 6) is -0.774. The normalized spacial score (nSPS) is 16.8. The molecule has 0 radical (unpaired) electrons. The molecule has 3 aromatic heterocycles.